The topological polar surface area (TPSA) is 88.1 Å². The second kappa shape index (κ2) is 11.3. The van der Waals surface area contributed by atoms with Crippen LogP contribution in [0.25, 0.3) is 0 Å². The monoisotopic (exact) mass is 477 g/mol. The van der Waals surface area contributed by atoms with Gasteiger partial charge in [0.15, 0.2) is 0 Å². The Morgan fingerprint density at radius 1 is 1.03 bits per heavy atom. The van der Waals surface area contributed by atoms with E-state index in [-0.39, 0.29) is 4.90 Å². The van der Waals surface area contributed by atoms with Crippen LogP contribution in [0.15, 0.2) is 95.4 Å². The highest BCUT2D eigenvalue weighted by Gasteiger charge is 2.28. The number of aryl methyl sites for hydroxylation is 2. The first-order valence-corrected chi connectivity index (χ1v) is 12.1. The fourth-order valence-electron chi connectivity index (χ4n) is 3.13. The number of amides is 1. The molecule has 0 aliphatic rings. The summed E-state index contributed by atoms with van der Waals surface area (Å²) >= 11 is 0. The van der Waals surface area contributed by atoms with Crippen LogP contribution in [0.4, 0.5) is 5.69 Å². The van der Waals surface area contributed by atoms with E-state index >= 15 is 0 Å². The van der Waals surface area contributed by atoms with E-state index in [1.165, 1.54) is 18.3 Å². The van der Waals surface area contributed by atoms with E-state index in [2.05, 4.69) is 17.1 Å². The number of nitrogens with one attached hydrogen (secondary N) is 1. The molecule has 1 N–H and O–H groups in total. The van der Waals surface area contributed by atoms with Crippen molar-refractivity contribution < 1.29 is 17.9 Å². The van der Waals surface area contributed by atoms with Gasteiger partial charge in [-0.3, -0.25) is 9.10 Å². The number of hydrogen-bond donors (Lipinski definition) is 1. The molecule has 0 saturated carbocycles. The third kappa shape index (κ3) is 6.32. The first kappa shape index (κ1) is 24.7. The average Bonchev–Trinajstić information content (AvgIpc) is 2.83. The maximum absolute atomic E-state index is 13.4. The highest BCUT2D eigenvalue weighted by molar-refractivity contribution is 7.92. The first-order valence-electron chi connectivity index (χ1n) is 10.6. The van der Waals surface area contributed by atoms with Crippen LogP contribution < -0.4 is 14.5 Å². The van der Waals surface area contributed by atoms with Crippen LogP contribution in [0.5, 0.6) is 5.75 Å². The van der Waals surface area contributed by atoms with E-state index in [1.54, 1.807) is 67.6 Å². The van der Waals surface area contributed by atoms with Gasteiger partial charge in [0.2, 0.25) is 0 Å². The lowest BCUT2D eigenvalue weighted by Gasteiger charge is -2.25. The van der Waals surface area contributed by atoms with Crippen molar-refractivity contribution in [2.24, 2.45) is 5.10 Å². The first-order chi connectivity index (χ1) is 16.3. The Kier molecular flexibility index (Phi) is 8.21. The van der Waals surface area contributed by atoms with Crippen molar-refractivity contribution in [3.8, 4) is 5.75 Å². The van der Waals surface area contributed by atoms with Gasteiger partial charge in [-0.25, -0.2) is 13.8 Å². The molecule has 0 aromatic heterocycles. The molecular weight excluding hydrogens is 450 g/mol. The van der Waals surface area contributed by atoms with Crippen molar-refractivity contribution in [2.75, 3.05) is 17.5 Å². The number of hydrogen-bond acceptors (Lipinski definition) is 5. The molecule has 0 unspecified atom stereocenters. The maximum Gasteiger partial charge on any atom is 0.264 e. The molecule has 1 amide bonds. The Balaban J connectivity index is 1.76. The zero-order valence-corrected chi connectivity index (χ0v) is 20.0. The second-order valence-corrected chi connectivity index (χ2v) is 9.44. The van der Waals surface area contributed by atoms with Crippen LogP contribution in [-0.2, 0) is 14.8 Å². The smallest absolute Gasteiger partial charge is 0.264 e. The van der Waals surface area contributed by atoms with Gasteiger partial charge in [-0.15, -0.1) is 0 Å². The quantitative estimate of drug-likeness (QED) is 0.269. The molecule has 0 radical (unpaired) electrons. The molecule has 0 bridgehead atoms. The molecular formula is C26H27N3O4S. The van der Waals surface area contributed by atoms with Gasteiger partial charge >= 0.3 is 0 Å². The fourth-order valence-corrected chi connectivity index (χ4v) is 4.62. The molecule has 0 aliphatic heterocycles. The fraction of sp³-hybridized carbons (Fsp3) is 0.154. The summed E-state index contributed by atoms with van der Waals surface area (Å²) in [7, 11) is -3.98. The number of para-hydroxylation sites is 1. The minimum absolute atomic E-state index is 0.108. The van der Waals surface area contributed by atoms with E-state index in [0.29, 0.717) is 18.0 Å². The highest BCUT2D eigenvalue weighted by atomic mass is 32.2. The summed E-state index contributed by atoms with van der Waals surface area (Å²) in [6.07, 6.45) is 3.13. The summed E-state index contributed by atoms with van der Waals surface area (Å²) in [5.41, 5.74) is 5.25. The SMILES string of the molecule is C=CCOc1ccc(/C=N\NC(=O)CN(c2ccccc2C)S(=O)(=O)c2ccc(C)cc2)cc1. The Hall–Kier alpha value is -3.91. The third-order valence-corrected chi connectivity index (χ3v) is 6.71. The van der Waals surface area contributed by atoms with Crippen molar-refractivity contribution in [3.63, 3.8) is 0 Å². The van der Waals surface area contributed by atoms with Gasteiger partial charge in [0, 0.05) is 0 Å². The van der Waals surface area contributed by atoms with Crippen molar-refractivity contribution in [1.82, 2.24) is 5.43 Å². The van der Waals surface area contributed by atoms with E-state index < -0.39 is 22.5 Å². The number of carbonyl (C=O) groups excluding carboxylic acids is 1. The Morgan fingerprint density at radius 3 is 2.35 bits per heavy atom. The number of sulfonamides is 1. The zero-order chi connectivity index (χ0) is 24.6. The van der Waals surface area contributed by atoms with Gasteiger partial charge in [-0.05, 0) is 67.4 Å². The van der Waals surface area contributed by atoms with E-state index in [0.717, 1.165) is 21.0 Å². The highest BCUT2D eigenvalue weighted by Crippen LogP contribution is 2.26. The van der Waals surface area contributed by atoms with Crippen LogP contribution >= 0.6 is 0 Å². The lowest BCUT2D eigenvalue weighted by molar-refractivity contribution is -0.119. The van der Waals surface area contributed by atoms with Crippen molar-refractivity contribution in [2.45, 2.75) is 18.7 Å². The summed E-state index contributed by atoms with van der Waals surface area (Å²) in [5.74, 6) is 0.123. The van der Waals surface area contributed by atoms with Gasteiger partial charge in [0.1, 0.15) is 18.9 Å². The molecule has 34 heavy (non-hydrogen) atoms. The van der Waals surface area contributed by atoms with E-state index in [4.69, 9.17) is 4.74 Å². The third-order valence-electron chi connectivity index (χ3n) is 4.93. The molecule has 7 nitrogen and oxygen atoms in total. The Bertz CT molecular complexity index is 1270. The van der Waals surface area contributed by atoms with Gasteiger partial charge in [-0.2, -0.15) is 5.10 Å². The standard InChI is InChI=1S/C26H27N3O4S/c1-4-17-33-23-13-11-22(12-14-23)18-27-28-26(30)19-29(25-8-6-5-7-21(25)3)34(31,32)24-15-9-20(2)10-16-24/h4-16,18H,1,17,19H2,2-3H3,(H,28,30)/b27-18-. The number of benzene rings is 3. The molecule has 3 aromatic carbocycles. The van der Waals surface area contributed by atoms with Crippen molar-refractivity contribution in [3.05, 3.63) is 102 Å². The molecule has 176 valence electrons. The molecule has 0 spiro atoms. The van der Waals surface area contributed by atoms with Crippen LogP contribution in [0, 0.1) is 13.8 Å². The summed E-state index contributed by atoms with van der Waals surface area (Å²) < 4.78 is 33.4. The van der Waals surface area contributed by atoms with Crippen LogP contribution in [0.1, 0.15) is 16.7 Å². The number of anilines is 1. The Morgan fingerprint density at radius 2 is 1.71 bits per heavy atom. The van der Waals surface area contributed by atoms with Crippen molar-refractivity contribution in [1.29, 1.82) is 0 Å². The predicted octanol–water partition coefficient (Wildman–Crippen LogP) is 4.21. The number of rotatable bonds is 10. The van der Waals surface area contributed by atoms with Gasteiger partial charge < -0.3 is 4.74 Å². The second-order valence-electron chi connectivity index (χ2n) is 7.57. The molecule has 0 saturated heterocycles. The summed E-state index contributed by atoms with van der Waals surface area (Å²) in [4.78, 5) is 12.8. The number of carbonyl (C=O) groups is 1. The molecule has 8 heteroatoms. The zero-order valence-electron chi connectivity index (χ0n) is 19.1. The predicted molar refractivity (Wildman–Crippen MR) is 135 cm³/mol. The van der Waals surface area contributed by atoms with E-state index in [9.17, 15) is 13.2 Å². The van der Waals surface area contributed by atoms with Crippen LogP contribution in [0.2, 0.25) is 0 Å². The lowest BCUT2D eigenvalue weighted by Crippen LogP contribution is -2.40. The summed E-state index contributed by atoms with van der Waals surface area (Å²) in [5, 5.41) is 3.97. The minimum Gasteiger partial charge on any atom is -0.490 e. The molecule has 0 atom stereocenters. The normalized spacial score (nSPS) is 11.2. The number of ether oxygens (including phenoxy) is 1. The van der Waals surface area contributed by atoms with Crippen LogP contribution in [0.3, 0.4) is 0 Å². The van der Waals surface area contributed by atoms with Gasteiger partial charge in [0.05, 0.1) is 16.8 Å². The largest absolute Gasteiger partial charge is 0.490 e. The molecule has 0 aliphatic carbocycles. The van der Waals surface area contributed by atoms with Gasteiger partial charge in [-0.1, -0.05) is 48.6 Å². The Labute approximate surface area is 200 Å². The number of hydrazone groups is 1. The summed E-state index contributed by atoms with van der Waals surface area (Å²) in [6, 6.07) is 20.7. The number of nitrogens with zero attached hydrogens (tertiary/aromatic N) is 2. The van der Waals surface area contributed by atoms with Crippen molar-refractivity contribution >= 4 is 27.8 Å². The summed E-state index contributed by atoms with van der Waals surface area (Å²) in [6.45, 7) is 7.26. The molecule has 0 fully saturated rings. The van der Waals surface area contributed by atoms with Crippen LogP contribution in [-0.4, -0.2) is 33.7 Å². The van der Waals surface area contributed by atoms with Gasteiger partial charge in [0.25, 0.3) is 15.9 Å². The average molecular weight is 478 g/mol. The minimum atomic E-state index is -3.98. The maximum atomic E-state index is 13.4. The molecule has 3 aromatic rings. The molecule has 0 heterocycles. The van der Waals surface area contributed by atoms with E-state index in [1.807, 2.05) is 13.0 Å². The molecule has 3 rings (SSSR count). The lowest BCUT2D eigenvalue weighted by atomic mass is 10.2.